The average molecular weight is 494 g/mol. The summed E-state index contributed by atoms with van der Waals surface area (Å²) >= 11 is 0. The molecule has 1 aromatic heterocycles. The number of carbonyl (C=O) groups is 1. The highest BCUT2D eigenvalue weighted by molar-refractivity contribution is 14.0. The van der Waals surface area contributed by atoms with Crippen molar-refractivity contribution in [1.29, 1.82) is 0 Å². The van der Waals surface area contributed by atoms with Crippen LogP contribution in [0.1, 0.15) is 44.8 Å². The maximum absolute atomic E-state index is 11.8. The number of rotatable bonds is 7. The van der Waals surface area contributed by atoms with Gasteiger partial charge in [-0.2, -0.15) is 4.98 Å². The van der Waals surface area contributed by atoms with Crippen LogP contribution in [0.5, 0.6) is 0 Å². The molecule has 0 atom stereocenters. The van der Waals surface area contributed by atoms with E-state index < -0.39 is 0 Å². The summed E-state index contributed by atoms with van der Waals surface area (Å²) in [6.45, 7) is 8.98. The van der Waals surface area contributed by atoms with E-state index in [1.165, 1.54) is 0 Å². The van der Waals surface area contributed by atoms with E-state index in [0.29, 0.717) is 44.0 Å². The van der Waals surface area contributed by atoms with E-state index in [-0.39, 0.29) is 30.1 Å². The van der Waals surface area contributed by atoms with Crippen molar-refractivity contribution in [1.82, 2.24) is 25.7 Å². The molecule has 27 heavy (non-hydrogen) atoms. The second-order valence-electron chi connectivity index (χ2n) is 6.20. The number of hydrogen-bond acceptors (Lipinski definition) is 6. The van der Waals surface area contributed by atoms with E-state index in [2.05, 4.69) is 25.8 Å². The molecule has 0 radical (unpaired) electrons. The van der Waals surface area contributed by atoms with Gasteiger partial charge in [-0.3, -0.25) is 4.99 Å². The molecule has 2 rings (SSSR count). The van der Waals surface area contributed by atoms with Gasteiger partial charge >= 0.3 is 6.09 Å². The number of piperidine rings is 1. The molecular weight excluding hydrogens is 463 g/mol. The minimum atomic E-state index is -0.220. The van der Waals surface area contributed by atoms with Gasteiger partial charge in [-0.1, -0.05) is 5.16 Å². The summed E-state index contributed by atoms with van der Waals surface area (Å²) in [4.78, 5) is 22.3. The monoisotopic (exact) mass is 494 g/mol. The number of guanidine groups is 1. The molecule has 1 aliphatic heterocycles. The van der Waals surface area contributed by atoms with Crippen molar-refractivity contribution in [2.45, 2.75) is 52.5 Å². The van der Waals surface area contributed by atoms with Crippen LogP contribution in [0.25, 0.3) is 0 Å². The van der Waals surface area contributed by atoms with E-state index >= 15 is 0 Å². The zero-order valence-electron chi connectivity index (χ0n) is 16.4. The molecule has 10 heteroatoms. The number of ether oxygens (including phenoxy) is 1. The zero-order valence-corrected chi connectivity index (χ0v) is 18.7. The third-order valence-electron chi connectivity index (χ3n) is 4.09. The average Bonchev–Trinajstić information content (AvgIpc) is 3.05. The van der Waals surface area contributed by atoms with Crippen LogP contribution in [-0.2, 0) is 11.2 Å². The molecule has 1 fully saturated rings. The Morgan fingerprint density at radius 2 is 2.11 bits per heavy atom. The topological polar surface area (TPSA) is 105 Å². The van der Waals surface area contributed by atoms with Gasteiger partial charge in [0.15, 0.2) is 11.8 Å². The van der Waals surface area contributed by atoms with E-state index in [4.69, 9.17) is 9.26 Å². The molecule has 154 valence electrons. The molecule has 0 spiro atoms. The Morgan fingerprint density at radius 1 is 1.37 bits per heavy atom. The molecule has 1 aromatic rings. The summed E-state index contributed by atoms with van der Waals surface area (Å²) in [7, 11) is 0. The van der Waals surface area contributed by atoms with Crippen LogP contribution >= 0.6 is 24.0 Å². The maximum Gasteiger partial charge on any atom is 0.409 e. The summed E-state index contributed by atoms with van der Waals surface area (Å²) in [6, 6.07) is 0.303. The van der Waals surface area contributed by atoms with Crippen LogP contribution in [0.2, 0.25) is 0 Å². The van der Waals surface area contributed by atoms with Gasteiger partial charge in [-0.15, -0.1) is 24.0 Å². The minimum Gasteiger partial charge on any atom is -0.450 e. The van der Waals surface area contributed by atoms with Crippen molar-refractivity contribution in [3.8, 4) is 0 Å². The van der Waals surface area contributed by atoms with Gasteiger partial charge in [0.2, 0.25) is 5.89 Å². The quantitative estimate of drug-likeness (QED) is 0.259. The van der Waals surface area contributed by atoms with Crippen LogP contribution in [-0.4, -0.2) is 65.9 Å². The number of aliphatic imine (C=N–C) groups is 1. The summed E-state index contributed by atoms with van der Waals surface area (Å²) in [5.74, 6) is 2.12. The summed E-state index contributed by atoms with van der Waals surface area (Å²) in [6.07, 6.45) is 3.11. The molecule has 0 unspecified atom stereocenters. The molecule has 9 nitrogen and oxygen atoms in total. The second-order valence-corrected chi connectivity index (χ2v) is 6.20. The standard InChI is InChI=1S/C17H30N6O3.HI/c1-4-18-16(19-10-6-7-15-20-13(3)22-26-15)21-14-8-11-23(12-9-14)17(24)25-5-2;/h14H,4-12H2,1-3H3,(H2,18,19,21);1H. The lowest BCUT2D eigenvalue weighted by molar-refractivity contribution is 0.0963. The highest BCUT2D eigenvalue weighted by Gasteiger charge is 2.23. The first-order valence-corrected chi connectivity index (χ1v) is 9.38. The van der Waals surface area contributed by atoms with E-state index in [0.717, 1.165) is 38.2 Å². The fourth-order valence-electron chi connectivity index (χ4n) is 2.80. The third kappa shape index (κ3) is 8.31. The number of halogens is 1. The second kappa shape index (κ2) is 12.7. The fraction of sp³-hybridized carbons (Fsp3) is 0.765. The van der Waals surface area contributed by atoms with E-state index in [1.54, 1.807) is 4.90 Å². The largest absolute Gasteiger partial charge is 0.450 e. The molecule has 0 aliphatic carbocycles. The van der Waals surface area contributed by atoms with Crippen molar-refractivity contribution in [3.05, 3.63) is 11.7 Å². The Bertz CT molecular complexity index is 587. The Kier molecular flexibility index (Phi) is 11.1. The lowest BCUT2D eigenvalue weighted by Gasteiger charge is -2.32. The molecular formula is C17H31IN6O3. The number of nitrogens with zero attached hydrogens (tertiary/aromatic N) is 4. The Balaban J connectivity index is 0.00000364. The number of amides is 1. The fourth-order valence-corrected chi connectivity index (χ4v) is 2.80. The lowest BCUT2D eigenvalue weighted by Crippen LogP contribution is -2.49. The molecule has 1 aliphatic rings. The van der Waals surface area contributed by atoms with Crippen LogP contribution < -0.4 is 10.6 Å². The molecule has 0 aromatic carbocycles. The van der Waals surface area contributed by atoms with Gasteiger partial charge in [0.25, 0.3) is 0 Å². The van der Waals surface area contributed by atoms with Gasteiger partial charge < -0.3 is 24.8 Å². The van der Waals surface area contributed by atoms with Gasteiger partial charge in [0.1, 0.15) is 0 Å². The third-order valence-corrected chi connectivity index (χ3v) is 4.09. The first-order valence-electron chi connectivity index (χ1n) is 9.38. The highest BCUT2D eigenvalue weighted by atomic mass is 127. The van der Waals surface area contributed by atoms with Crippen LogP contribution in [0.15, 0.2) is 9.52 Å². The van der Waals surface area contributed by atoms with Gasteiger partial charge in [0, 0.05) is 38.6 Å². The van der Waals surface area contributed by atoms with Crippen molar-refractivity contribution in [2.75, 3.05) is 32.8 Å². The summed E-state index contributed by atoms with van der Waals surface area (Å²) in [5, 5.41) is 10.5. The lowest BCUT2D eigenvalue weighted by atomic mass is 10.1. The molecule has 0 saturated carbocycles. The predicted octanol–water partition coefficient (Wildman–Crippen LogP) is 2.10. The zero-order chi connectivity index (χ0) is 18.8. The van der Waals surface area contributed by atoms with Gasteiger partial charge in [-0.25, -0.2) is 4.79 Å². The van der Waals surface area contributed by atoms with Crippen LogP contribution in [0, 0.1) is 6.92 Å². The Morgan fingerprint density at radius 3 is 2.70 bits per heavy atom. The first-order chi connectivity index (χ1) is 12.6. The number of hydrogen-bond donors (Lipinski definition) is 2. The highest BCUT2D eigenvalue weighted by Crippen LogP contribution is 2.11. The predicted molar refractivity (Wildman–Crippen MR) is 114 cm³/mol. The Labute approximate surface area is 177 Å². The van der Waals surface area contributed by atoms with Crippen LogP contribution in [0.4, 0.5) is 4.79 Å². The number of aromatic nitrogens is 2. The van der Waals surface area contributed by atoms with Crippen molar-refractivity contribution in [2.24, 2.45) is 4.99 Å². The normalized spacial score (nSPS) is 15.2. The van der Waals surface area contributed by atoms with Crippen molar-refractivity contribution < 1.29 is 14.1 Å². The maximum atomic E-state index is 11.8. The molecule has 0 bridgehead atoms. The smallest absolute Gasteiger partial charge is 0.409 e. The van der Waals surface area contributed by atoms with Gasteiger partial charge in [-0.05, 0) is 40.0 Å². The summed E-state index contributed by atoms with van der Waals surface area (Å²) < 4.78 is 10.2. The molecule has 2 heterocycles. The number of aryl methyl sites for hydroxylation is 2. The number of carbonyl (C=O) groups excluding carboxylic acids is 1. The Hall–Kier alpha value is -1.59. The minimum absolute atomic E-state index is 0. The molecule has 2 N–H and O–H groups in total. The first kappa shape index (κ1) is 23.4. The SMILES string of the molecule is CCNC(=NCCCc1nc(C)no1)NC1CCN(C(=O)OCC)CC1.I. The van der Waals surface area contributed by atoms with Gasteiger partial charge in [0.05, 0.1) is 6.61 Å². The number of nitrogens with one attached hydrogen (secondary N) is 2. The van der Waals surface area contributed by atoms with E-state index in [9.17, 15) is 4.79 Å². The van der Waals surface area contributed by atoms with Crippen molar-refractivity contribution in [3.63, 3.8) is 0 Å². The summed E-state index contributed by atoms with van der Waals surface area (Å²) in [5.41, 5.74) is 0. The molecule has 1 amide bonds. The van der Waals surface area contributed by atoms with Crippen LogP contribution in [0.3, 0.4) is 0 Å². The van der Waals surface area contributed by atoms with Crippen molar-refractivity contribution >= 4 is 36.0 Å². The number of likely N-dealkylation sites (tertiary alicyclic amines) is 1. The van der Waals surface area contributed by atoms with E-state index in [1.807, 2.05) is 20.8 Å². The molecule has 1 saturated heterocycles.